The number of unbranched alkanes of at least 4 members (excludes halogenated alkanes) is 26. The highest BCUT2D eigenvalue weighted by Crippen LogP contribution is 2.15. The third-order valence-electron chi connectivity index (χ3n) is 8.52. The maximum atomic E-state index is 12.3. The molecule has 41 heavy (non-hydrogen) atoms. The number of allylic oxidation sites excluding steroid dienone is 1. The van der Waals surface area contributed by atoms with E-state index in [1.54, 1.807) is 6.08 Å². The summed E-state index contributed by atoms with van der Waals surface area (Å²) in [5, 5.41) is 22.9. The van der Waals surface area contributed by atoms with E-state index in [-0.39, 0.29) is 12.5 Å². The highest BCUT2D eigenvalue weighted by Gasteiger charge is 2.17. The van der Waals surface area contributed by atoms with Crippen LogP contribution in [0.4, 0.5) is 0 Å². The standard InChI is InChI=1S/C37H73NO3/c1-3-5-7-9-11-13-15-17-18-19-21-22-24-26-28-30-32-36(40)35(34-39)38-37(41)33-31-29-27-25-23-20-16-14-12-10-8-6-4-2/h30,32,35-36,39-40H,3-29,31,33-34H2,1-2H3,(H,38,41)/b32-30+/t35-,36+/m0/s1. The fourth-order valence-electron chi connectivity index (χ4n) is 5.65. The van der Waals surface area contributed by atoms with E-state index in [2.05, 4.69) is 19.2 Å². The predicted octanol–water partition coefficient (Wildman–Crippen LogP) is 10.7. The van der Waals surface area contributed by atoms with Crippen molar-refractivity contribution in [3.05, 3.63) is 12.2 Å². The first-order chi connectivity index (χ1) is 20.2. The molecule has 2 atom stereocenters. The van der Waals surface area contributed by atoms with E-state index in [9.17, 15) is 15.0 Å². The van der Waals surface area contributed by atoms with E-state index in [0.717, 1.165) is 25.7 Å². The van der Waals surface area contributed by atoms with Gasteiger partial charge in [-0.3, -0.25) is 4.79 Å². The zero-order valence-electron chi connectivity index (χ0n) is 27.8. The maximum Gasteiger partial charge on any atom is 0.220 e. The molecule has 0 aliphatic rings. The first-order valence-corrected chi connectivity index (χ1v) is 18.4. The summed E-state index contributed by atoms with van der Waals surface area (Å²) in [4.78, 5) is 12.3. The highest BCUT2D eigenvalue weighted by atomic mass is 16.3. The van der Waals surface area contributed by atoms with Gasteiger partial charge in [0.05, 0.1) is 18.8 Å². The molecule has 0 aliphatic heterocycles. The first kappa shape index (κ1) is 40.1. The Labute approximate surface area is 256 Å². The Morgan fingerprint density at radius 3 is 1.27 bits per heavy atom. The Kier molecular flexibility index (Phi) is 32.9. The summed E-state index contributed by atoms with van der Waals surface area (Å²) in [5.41, 5.74) is 0. The fraction of sp³-hybridized carbons (Fsp3) is 0.919. The number of aliphatic hydroxyl groups is 2. The number of hydrogen-bond donors (Lipinski definition) is 3. The van der Waals surface area contributed by atoms with Gasteiger partial charge in [0.15, 0.2) is 0 Å². The summed E-state index contributed by atoms with van der Waals surface area (Å²) in [7, 11) is 0. The van der Waals surface area contributed by atoms with Crippen molar-refractivity contribution in [2.45, 2.75) is 212 Å². The fourth-order valence-corrected chi connectivity index (χ4v) is 5.65. The Bertz CT molecular complexity index is 550. The Balaban J connectivity index is 3.60. The summed E-state index contributed by atoms with van der Waals surface area (Å²) in [6.45, 7) is 4.30. The van der Waals surface area contributed by atoms with Gasteiger partial charge < -0.3 is 15.5 Å². The van der Waals surface area contributed by atoms with Gasteiger partial charge >= 0.3 is 0 Å². The van der Waals surface area contributed by atoms with Gasteiger partial charge in [0, 0.05) is 6.42 Å². The van der Waals surface area contributed by atoms with Crippen LogP contribution in [0.2, 0.25) is 0 Å². The van der Waals surface area contributed by atoms with Crippen LogP contribution < -0.4 is 5.32 Å². The lowest BCUT2D eigenvalue weighted by Crippen LogP contribution is -2.45. The number of aliphatic hydroxyl groups excluding tert-OH is 2. The van der Waals surface area contributed by atoms with Crippen LogP contribution >= 0.6 is 0 Å². The molecule has 0 aromatic carbocycles. The SMILES string of the molecule is CCCCCCCCCCCCCCCC/C=C/[C@@H](O)[C@H](CO)NC(=O)CCCCCCCCCCCCCCC. The molecule has 244 valence electrons. The third kappa shape index (κ3) is 30.4. The molecule has 0 aliphatic carbocycles. The van der Waals surface area contributed by atoms with Crippen molar-refractivity contribution in [2.24, 2.45) is 0 Å². The second-order valence-corrected chi connectivity index (χ2v) is 12.7. The normalized spacial score (nSPS) is 13.2. The second kappa shape index (κ2) is 33.6. The average Bonchev–Trinajstić information content (AvgIpc) is 2.97. The van der Waals surface area contributed by atoms with Crippen molar-refractivity contribution in [1.82, 2.24) is 5.32 Å². The minimum Gasteiger partial charge on any atom is -0.394 e. The van der Waals surface area contributed by atoms with Gasteiger partial charge in [0.2, 0.25) is 5.91 Å². The van der Waals surface area contributed by atoms with Crippen LogP contribution in [-0.2, 0) is 4.79 Å². The molecular weight excluding hydrogens is 506 g/mol. The monoisotopic (exact) mass is 580 g/mol. The highest BCUT2D eigenvalue weighted by molar-refractivity contribution is 5.76. The lowest BCUT2D eigenvalue weighted by molar-refractivity contribution is -0.123. The molecule has 3 N–H and O–H groups in total. The molecular formula is C37H73NO3. The molecule has 0 spiro atoms. The van der Waals surface area contributed by atoms with E-state index in [1.165, 1.54) is 154 Å². The van der Waals surface area contributed by atoms with Gasteiger partial charge in [0.1, 0.15) is 0 Å². The second-order valence-electron chi connectivity index (χ2n) is 12.7. The van der Waals surface area contributed by atoms with E-state index >= 15 is 0 Å². The van der Waals surface area contributed by atoms with E-state index in [0.29, 0.717) is 6.42 Å². The largest absolute Gasteiger partial charge is 0.394 e. The Hall–Kier alpha value is -0.870. The molecule has 0 bridgehead atoms. The lowest BCUT2D eigenvalue weighted by Gasteiger charge is -2.20. The smallest absolute Gasteiger partial charge is 0.220 e. The first-order valence-electron chi connectivity index (χ1n) is 18.4. The van der Waals surface area contributed by atoms with Gasteiger partial charge in [-0.05, 0) is 19.3 Å². The van der Waals surface area contributed by atoms with Crippen LogP contribution in [0.5, 0.6) is 0 Å². The molecule has 0 saturated carbocycles. The average molecular weight is 580 g/mol. The molecule has 0 aromatic heterocycles. The summed E-state index contributed by atoms with van der Waals surface area (Å²) < 4.78 is 0. The minimum absolute atomic E-state index is 0.0634. The van der Waals surface area contributed by atoms with Gasteiger partial charge in [-0.1, -0.05) is 187 Å². The van der Waals surface area contributed by atoms with E-state index in [1.807, 2.05) is 6.08 Å². The van der Waals surface area contributed by atoms with Crippen molar-refractivity contribution in [3.8, 4) is 0 Å². The molecule has 0 radical (unpaired) electrons. The quantitative estimate of drug-likeness (QED) is 0.0535. The molecule has 0 aromatic rings. The van der Waals surface area contributed by atoms with Crippen LogP contribution in [-0.4, -0.2) is 34.9 Å². The van der Waals surface area contributed by atoms with Gasteiger partial charge in [-0.15, -0.1) is 0 Å². The lowest BCUT2D eigenvalue weighted by atomic mass is 10.0. The molecule has 0 rings (SSSR count). The van der Waals surface area contributed by atoms with Crippen LogP contribution in [0.1, 0.15) is 200 Å². The Morgan fingerprint density at radius 2 is 0.902 bits per heavy atom. The third-order valence-corrected chi connectivity index (χ3v) is 8.52. The zero-order chi connectivity index (χ0) is 30.1. The Morgan fingerprint density at radius 1 is 0.561 bits per heavy atom. The number of hydrogen-bond acceptors (Lipinski definition) is 3. The van der Waals surface area contributed by atoms with Gasteiger partial charge in [-0.25, -0.2) is 0 Å². The van der Waals surface area contributed by atoms with Gasteiger partial charge in [0.25, 0.3) is 0 Å². The molecule has 0 heterocycles. The molecule has 0 unspecified atom stereocenters. The molecule has 0 fully saturated rings. The molecule has 0 saturated heterocycles. The topological polar surface area (TPSA) is 69.6 Å². The van der Waals surface area contributed by atoms with Gasteiger partial charge in [-0.2, -0.15) is 0 Å². The molecule has 4 nitrogen and oxygen atoms in total. The van der Waals surface area contributed by atoms with Crippen LogP contribution in [0.3, 0.4) is 0 Å². The predicted molar refractivity (Wildman–Crippen MR) is 179 cm³/mol. The maximum absolute atomic E-state index is 12.3. The van der Waals surface area contributed by atoms with Crippen molar-refractivity contribution in [3.63, 3.8) is 0 Å². The summed E-state index contributed by atoms with van der Waals surface area (Å²) in [6.07, 6.45) is 40.0. The molecule has 4 heteroatoms. The number of carbonyl (C=O) groups excluding carboxylic acids is 1. The van der Waals surface area contributed by atoms with Crippen molar-refractivity contribution >= 4 is 5.91 Å². The molecule has 1 amide bonds. The van der Waals surface area contributed by atoms with Crippen molar-refractivity contribution in [1.29, 1.82) is 0 Å². The minimum atomic E-state index is -0.831. The number of nitrogens with one attached hydrogen (secondary N) is 1. The van der Waals surface area contributed by atoms with Crippen molar-refractivity contribution in [2.75, 3.05) is 6.61 Å². The summed E-state index contributed by atoms with van der Waals surface area (Å²) >= 11 is 0. The summed E-state index contributed by atoms with van der Waals surface area (Å²) in [6, 6.07) is -0.614. The number of carbonyl (C=O) groups is 1. The van der Waals surface area contributed by atoms with Crippen LogP contribution in [0, 0.1) is 0 Å². The van der Waals surface area contributed by atoms with E-state index in [4.69, 9.17) is 0 Å². The van der Waals surface area contributed by atoms with Crippen molar-refractivity contribution < 1.29 is 15.0 Å². The summed E-state index contributed by atoms with van der Waals surface area (Å²) in [5.74, 6) is -0.0634. The number of amides is 1. The number of rotatable bonds is 33. The van der Waals surface area contributed by atoms with E-state index < -0.39 is 12.1 Å². The van der Waals surface area contributed by atoms with Crippen LogP contribution in [0.15, 0.2) is 12.2 Å². The van der Waals surface area contributed by atoms with Crippen LogP contribution in [0.25, 0.3) is 0 Å². The zero-order valence-corrected chi connectivity index (χ0v) is 27.8.